The average molecular weight is 445 g/mol. The molecule has 1 aromatic heterocycles. The van der Waals surface area contributed by atoms with Crippen LogP contribution in [0.5, 0.6) is 5.75 Å². The normalized spacial score (nSPS) is 11.4. The van der Waals surface area contributed by atoms with Gasteiger partial charge in [-0.25, -0.2) is 9.78 Å². The number of urea groups is 1. The molecule has 3 aromatic rings. The first-order valence-corrected chi connectivity index (χ1v) is 10.0. The van der Waals surface area contributed by atoms with Crippen LogP contribution in [0.25, 0.3) is 11.0 Å². The molecule has 0 unspecified atom stereocenters. The third kappa shape index (κ3) is 5.25. The summed E-state index contributed by atoms with van der Waals surface area (Å²) in [5, 5.41) is 5.65. The van der Waals surface area contributed by atoms with E-state index in [0.29, 0.717) is 25.3 Å². The SMILES string of the molecule is CC(C)(C)c1ccc(OCCCNC(=O)Nc2ccc3nc[nH]c3c2)c(Br)c1. The number of H-pyrrole nitrogens is 1. The van der Waals surface area contributed by atoms with Crippen molar-refractivity contribution in [2.45, 2.75) is 32.6 Å². The summed E-state index contributed by atoms with van der Waals surface area (Å²) in [7, 11) is 0. The van der Waals surface area contributed by atoms with Crippen LogP contribution in [0.15, 0.2) is 47.2 Å². The van der Waals surface area contributed by atoms with Gasteiger partial charge in [0.15, 0.2) is 0 Å². The Kier molecular flexibility index (Phi) is 6.24. The largest absolute Gasteiger partial charge is 0.492 e. The summed E-state index contributed by atoms with van der Waals surface area (Å²) in [6.07, 6.45) is 2.34. The van der Waals surface area contributed by atoms with Crippen LogP contribution in [-0.2, 0) is 5.41 Å². The number of nitrogens with zero attached hydrogens (tertiary/aromatic N) is 1. The van der Waals surface area contributed by atoms with Crippen molar-refractivity contribution in [3.63, 3.8) is 0 Å². The zero-order chi connectivity index (χ0) is 20.1. The van der Waals surface area contributed by atoms with E-state index in [1.54, 1.807) is 6.33 Å². The van der Waals surface area contributed by atoms with Crippen molar-refractivity contribution in [2.75, 3.05) is 18.5 Å². The third-order valence-electron chi connectivity index (χ3n) is 4.34. The number of ether oxygens (including phenoxy) is 1. The van der Waals surface area contributed by atoms with Crippen LogP contribution >= 0.6 is 15.9 Å². The number of nitrogens with one attached hydrogen (secondary N) is 3. The quantitative estimate of drug-likeness (QED) is 0.456. The first-order valence-electron chi connectivity index (χ1n) is 9.24. The molecule has 3 N–H and O–H groups in total. The van der Waals surface area contributed by atoms with Gasteiger partial charge in [-0.1, -0.05) is 26.8 Å². The van der Waals surface area contributed by atoms with E-state index in [9.17, 15) is 4.79 Å². The van der Waals surface area contributed by atoms with Crippen LogP contribution in [0, 0.1) is 0 Å². The Balaban J connectivity index is 1.40. The Bertz CT molecular complexity index is 962. The molecule has 2 amide bonds. The molecule has 0 saturated carbocycles. The molecule has 148 valence electrons. The van der Waals surface area contributed by atoms with Crippen molar-refractivity contribution in [1.29, 1.82) is 0 Å². The second-order valence-electron chi connectivity index (χ2n) is 7.61. The number of amides is 2. The van der Waals surface area contributed by atoms with Crippen LogP contribution in [0.3, 0.4) is 0 Å². The van der Waals surface area contributed by atoms with E-state index in [2.05, 4.69) is 69.4 Å². The van der Waals surface area contributed by atoms with Crippen molar-refractivity contribution in [3.8, 4) is 5.75 Å². The van der Waals surface area contributed by atoms with E-state index in [1.807, 2.05) is 24.3 Å². The first kappa shape index (κ1) is 20.2. The Morgan fingerprint density at radius 3 is 2.79 bits per heavy atom. The zero-order valence-corrected chi connectivity index (χ0v) is 17.9. The molecule has 28 heavy (non-hydrogen) atoms. The fourth-order valence-electron chi connectivity index (χ4n) is 2.73. The van der Waals surface area contributed by atoms with Gasteiger partial charge in [-0.2, -0.15) is 0 Å². The molecular formula is C21H25BrN4O2. The number of benzene rings is 2. The molecule has 0 radical (unpaired) electrons. The first-order chi connectivity index (χ1) is 13.3. The number of anilines is 1. The molecule has 0 aliphatic rings. The van der Waals surface area contributed by atoms with Crippen LogP contribution in [0.1, 0.15) is 32.8 Å². The second-order valence-corrected chi connectivity index (χ2v) is 8.47. The average Bonchev–Trinajstić information content (AvgIpc) is 3.09. The highest BCUT2D eigenvalue weighted by Crippen LogP contribution is 2.31. The lowest BCUT2D eigenvalue weighted by Gasteiger charge is -2.20. The maximum atomic E-state index is 12.0. The molecule has 0 saturated heterocycles. The molecule has 7 heteroatoms. The molecule has 0 fully saturated rings. The van der Waals surface area contributed by atoms with E-state index in [0.717, 1.165) is 21.3 Å². The summed E-state index contributed by atoms with van der Waals surface area (Å²) in [6.45, 7) is 7.58. The summed E-state index contributed by atoms with van der Waals surface area (Å²) >= 11 is 3.57. The maximum Gasteiger partial charge on any atom is 0.319 e. The summed E-state index contributed by atoms with van der Waals surface area (Å²) in [5.74, 6) is 0.810. The van der Waals surface area contributed by atoms with Gasteiger partial charge in [0.1, 0.15) is 5.75 Å². The maximum absolute atomic E-state index is 12.0. The van der Waals surface area contributed by atoms with Gasteiger partial charge >= 0.3 is 6.03 Å². The number of halogens is 1. The highest BCUT2D eigenvalue weighted by atomic mass is 79.9. The Hall–Kier alpha value is -2.54. The number of aromatic nitrogens is 2. The fraction of sp³-hybridized carbons (Fsp3) is 0.333. The molecule has 2 aromatic carbocycles. The summed E-state index contributed by atoms with van der Waals surface area (Å²) in [5.41, 5.74) is 3.81. The molecule has 0 aliphatic carbocycles. The molecule has 1 heterocycles. The number of hydrogen-bond donors (Lipinski definition) is 3. The van der Waals surface area contributed by atoms with E-state index < -0.39 is 0 Å². The second kappa shape index (κ2) is 8.65. The van der Waals surface area contributed by atoms with Crippen molar-refractivity contribution in [3.05, 3.63) is 52.8 Å². The zero-order valence-electron chi connectivity index (χ0n) is 16.3. The van der Waals surface area contributed by atoms with Gasteiger partial charge in [0, 0.05) is 12.2 Å². The number of imidazole rings is 1. The summed E-state index contributed by atoms with van der Waals surface area (Å²) < 4.78 is 6.76. The standard InChI is InChI=1S/C21H25BrN4O2/c1-21(2,3)14-5-8-19(16(22)11-14)28-10-4-9-23-20(27)26-15-6-7-17-18(12-15)25-13-24-17/h5-8,11-13H,4,9-10H2,1-3H3,(H,24,25)(H2,23,26,27). The van der Waals surface area contributed by atoms with E-state index in [-0.39, 0.29) is 11.4 Å². The number of rotatable bonds is 6. The van der Waals surface area contributed by atoms with Crippen LogP contribution < -0.4 is 15.4 Å². The number of carbonyl (C=O) groups is 1. The highest BCUT2D eigenvalue weighted by Gasteiger charge is 2.15. The Labute approximate surface area is 173 Å². The van der Waals surface area contributed by atoms with Gasteiger partial charge in [-0.05, 0) is 63.7 Å². The van der Waals surface area contributed by atoms with Gasteiger partial charge in [-0.3, -0.25) is 0 Å². The molecule has 6 nitrogen and oxygen atoms in total. The minimum Gasteiger partial charge on any atom is -0.492 e. The van der Waals surface area contributed by atoms with E-state index >= 15 is 0 Å². The fourth-order valence-corrected chi connectivity index (χ4v) is 3.22. The summed E-state index contributed by atoms with van der Waals surface area (Å²) in [6, 6.07) is 11.5. The predicted octanol–water partition coefficient (Wildman–Crippen LogP) is 5.21. The third-order valence-corrected chi connectivity index (χ3v) is 4.96. The molecule has 0 bridgehead atoms. The van der Waals surface area contributed by atoms with Crippen molar-refractivity contribution >= 4 is 38.7 Å². The lowest BCUT2D eigenvalue weighted by molar-refractivity contribution is 0.250. The Morgan fingerprint density at radius 1 is 1.21 bits per heavy atom. The molecular weight excluding hydrogens is 420 g/mol. The van der Waals surface area contributed by atoms with Gasteiger partial charge < -0.3 is 20.4 Å². The topological polar surface area (TPSA) is 79.0 Å². The summed E-state index contributed by atoms with van der Waals surface area (Å²) in [4.78, 5) is 19.2. The number of fused-ring (bicyclic) bond motifs is 1. The molecule has 3 rings (SSSR count). The highest BCUT2D eigenvalue weighted by molar-refractivity contribution is 9.10. The number of carbonyl (C=O) groups excluding carboxylic acids is 1. The monoisotopic (exact) mass is 444 g/mol. The van der Waals surface area contributed by atoms with Gasteiger partial charge in [0.25, 0.3) is 0 Å². The smallest absolute Gasteiger partial charge is 0.319 e. The van der Waals surface area contributed by atoms with Crippen LogP contribution in [0.4, 0.5) is 10.5 Å². The lowest BCUT2D eigenvalue weighted by atomic mass is 9.87. The lowest BCUT2D eigenvalue weighted by Crippen LogP contribution is -2.30. The minimum atomic E-state index is -0.241. The number of aromatic amines is 1. The minimum absolute atomic E-state index is 0.0975. The van der Waals surface area contributed by atoms with Crippen molar-refractivity contribution in [1.82, 2.24) is 15.3 Å². The number of hydrogen-bond acceptors (Lipinski definition) is 3. The van der Waals surface area contributed by atoms with Crippen LogP contribution in [-0.4, -0.2) is 29.2 Å². The van der Waals surface area contributed by atoms with Gasteiger partial charge in [0.2, 0.25) is 0 Å². The van der Waals surface area contributed by atoms with Crippen molar-refractivity contribution in [2.24, 2.45) is 0 Å². The van der Waals surface area contributed by atoms with Gasteiger partial charge in [-0.15, -0.1) is 0 Å². The molecule has 0 aliphatic heterocycles. The van der Waals surface area contributed by atoms with E-state index in [4.69, 9.17) is 4.74 Å². The van der Waals surface area contributed by atoms with Gasteiger partial charge in [0.05, 0.1) is 28.4 Å². The molecule has 0 spiro atoms. The predicted molar refractivity (Wildman–Crippen MR) is 116 cm³/mol. The Morgan fingerprint density at radius 2 is 2.04 bits per heavy atom. The van der Waals surface area contributed by atoms with E-state index in [1.165, 1.54) is 5.56 Å². The van der Waals surface area contributed by atoms with Crippen molar-refractivity contribution < 1.29 is 9.53 Å². The molecule has 0 atom stereocenters. The van der Waals surface area contributed by atoms with Crippen LogP contribution in [0.2, 0.25) is 0 Å².